The highest BCUT2D eigenvalue weighted by molar-refractivity contribution is 6.33. The zero-order valence-corrected chi connectivity index (χ0v) is 11.1. The van der Waals surface area contributed by atoms with Crippen LogP contribution in [0.2, 0.25) is 5.02 Å². The van der Waals surface area contributed by atoms with Crippen molar-refractivity contribution in [1.82, 2.24) is 0 Å². The van der Waals surface area contributed by atoms with Crippen LogP contribution < -0.4 is 4.90 Å². The van der Waals surface area contributed by atoms with Gasteiger partial charge in [0.25, 0.3) is 5.69 Å². The van der Waals surface area contributed by atoms with Crippen LogP contribution in [0.25, 0.3) is 0 Å². The molecule has 2 rings (SSSR count). The van der Waals surface area contributed by atoms with Crippen molar-refractivity contribution in [2.24, 2.45) is 0 Å². The molecule has 1 heterocycles. The van der Waals surface area contributed by atoms with Crippen LogP contribution in [0, 0.1) is 10.1 Å². The van der Waals surface area contributed by atoms with Crippen LogP contribution in [0.15, 0.2) is 18.2 Å². The first kappa shape index (κ1) is 13.1. The van der Waals surface area contributed by atoms with Crippen molar-refractivity contribution in [2.75, 3.05) is 18.0 Å². The van der Waals surface area contributed by atoms with Gasteiger partial charge in [-0.3, -0.25) is 10.1 Å². The van der Waals surface area contributed by atoms with Crippen molar-refractivity contribution in [3.63, 3.8) is 0 Å². The highest BCUT2D eigenvalue weighted by Crippen LogP contribution is 2.31. The highest BCUT2D eigenvalue weighted by Gasteiger charge is 2.24. The quantitative estimate of drug-likeness (QED) is 0.612. The number of hydrogen-bond acceptors (Lipinski definition) is 4. The summed E-state index contributed by atoms with van der Waals surface area (Å²) in [4.78, 5) is 12.3. The van der Waals surface area contributed by atoms with Crippen molar-refractivity contribution in [2.45, 2.75) is 26.1 Å². The van der Waals surface area contributed by atoms with Gasteiger partial charge in [0.15, 0.2) is 0 Å². The third-order valence-electron chi connectivity index (χ3n) is 2.90. The Morgan fingerprint density at radius 1 is 1.39 bits per heavy atom. The molecule has 1 aliphatic heterocycles. The molecule has 0 aliphatic carbocycles. The second-order valence-corrected chi connectivity index (χ2v) is 4.96. The van der Waals surface area contributed by atoms with Crippen molar-refractivity contribution in [3.05, 3.63) is 33.3 Å². The van der Waals surface area contributed by atoms with Gasteiger partial charge >= 0.3 is 0 Å². The molecule has 2 atom stereocenters. The number of anilines is 1. The molecule has 0 aromatic heterocycles. The van der Waals surface area contributed by atoms with E-state index in [0.29, 0.717) is 5.02 Å². The van der Waals surface area contributed by atoms with E-state index in [1.54, 1.807) is 6.07 Å². The van der Waals surface area contributed by atoms with Gasteiger partial charge in [0, 0.05) is 25.2 Å². The zero-order chi connectivity index (χ0) is 13.3. The van der Waals surface area contributed by atoms with Crippen LogP contribution in [0.4, 0.5) is 11.4 Å². The molecule has 0 N–H and O–H groups in total. The molecular formula is C12H15ClN2O3. The van der Waals surface area contributed by atoms with E-state index in [0.717, 1.165) is 18.8 Å². The van der Waals surface area contributed by atoms with Crippen molar-refractivity contribution in [1.29, 1.82) is 0 Å². The number of rotatable bonds is 2. The van der Waals surface area contributed by atoms with Gasteiger partial charge in [-0.25, -0.2) is 0 Å². The molecule has 0 radical (unpaired) electrons. The minimum Gasteiger partial charge on any atom is -0.372 e. The SMILES string of the molecule is CC1CN(c2ccc([N+](=O)[O-])cc2Cl)CC(C)O1. The molecule has 2 unspecified atom stereocenters. The number of morpholine rings is 1. The Bertz CT molecular complexity index is 457. The van der Waals surface area contributed by atoms with E-state index >= 15 is 0 Å². The number of nitro groups is 1. The van der Waals surface area contributed by atoms with Crippen LogP contribution in [0.3, 0.4) is 0 Å². The van der Waals surface area contributed by atoms with Gasteiger partial charge in [-0.05, 0) is 19.9 Å². The van der Waals surface area contributed by atoms with Crippen LogP contribution in [-0.4, -0.2) is 30.2 Å². The fourth-order valence-electron chi connectivity index (χ4n) is 2.24. The molecule has 1 aromatic rings. The molecule has 6 heteroatoms. The standard InChI is InChI=1S/C12H15ClN2O3/c1-8-6-14(7-9(2)18-8)12-4-3-10(15(16)17)5-11(12)13/h3-5,8-9H,6-7H2,1-2H3. The molecule has 5 nitrogen and oxygen atoms in total. The molecule has 1 aliphatic rings. The molecule has 0 bridgehead atoms. The number of ether oxygens (including phenoxy) is 1. The number of non-ortho nitro benzene ring substituents is 1. The fraction of sp³-hybridized carbons (Fsp3) is 0.500. The smallest absolute Gasteiger partial charge is 0.271 e. The van der Waals surface area contributed by atoms with Crippen molar-refractivity contribution in [3.8, 4) is 0 Å². The first-order valence-electron chi connectivity index (χ1n) is 5.81. The molecule has 18 heavy (non-hydrogen) atoms. The van der Waals surface area contributed by atoms with Gasteiger partial charge < -0.3 is 9.64 Å². The van der Waals surface area contributed by atoms with E-state index in [4.69, 9.17) is 16.3 Å². The Morgan fingerprint density at radius 3 is 2.50 bits per heavy atom. The van der Waals surface area contributed by atoms with Crippen molar-refractivity contribution < 1.29 is 9.66 Å². The maximum Gasteiger partial charge on any atom is 0.271 e. The summed E-state index contributed by atoms with van der Waals surface area (Å²) in [7, 11) is 0. The first-order valence-corrected chi connectivity index (χ1v) is 6.19. The largest absolute Gasteiger partial charge is 0.372 e. The minimum absolute atomic E-state index is 0.0121. The van der Waals surface area contributed by atoms with Gasteiger partial charge in [0.1, 0.15) is 0 Å². The number of nitro benzene ring substituents is 1. The van der Waals surface area contributed by atoms with Crippen LogP contribution >= 0.6 is 11.6 Å². The maximum absolute atomic E-state index is 10.7. The van der Waals surface area contributed by atoms with Crippen LogP contribution in [-0.2, 0) is 4.74 Å². The van der Waals surface area contributed by atoms with E-state index in [1.165, 1.54) is 12.1 Å². The summed E-state index contributed by atoms with van der Waals surface area (Å²) < 4.78 is 5.65. The number of hydrogen-bond donors (Lipinski definition) is 0. The number of benzene rings is 1. The van der Waals surface area contributed by atoms with Crippen LogP contribution in [0.5, 0.6) is 0 Å². The second-order valence-electron chi connectivity index (χ2n) is 4.56. The summed E-state index contributed by atoms with van der Waals surface area (Å²) in [5.74, 6) is 0. The Balaban J connectivity index is 2.25. The molecular weight excluding hydrogens is 256 g/mol. The summed E-state index contributed by atoms with van der Waals surface area (Å²) in [5.41, 5.74) is 0.836. The molecule has 1 saturated heterocycles. The van der Waals surface area contributed by atoms with Gasteiger partial charge in [0.05, 0.1) is 27.8 Å². The van der Waals surface area contributed by atoms with E-state index in [9.17, 15) is 10.1 Å². The predicted molar refractivity (Wildman–Crippen MR) is 70.3 cm³/mol. The van der Waals surface area contributed by atoms with Crippen molar-refractivity contribution >= 4 is 23.0 Å². The van der Waals surface area contributed by atoms with Gasteiger partial charge in [-0.2, -0.15) is 0 Å². The third kappa shape index (κ3) is 2.73. The Morgan fingerprint density at radius 2 is 2.00 bits per heavy atom. The lowest BCUT2D eigenvalue weighted by molar-refractivity contribution is -0.384. The maximum atomic E-state index is 10.7. The van der Waals surface area contributed by atoms with E-state index < -0.39 is 4.92 Å². The topological polar surface area (TPSA) is 55.6 Å². The van der Waals surface area contributed by atoms with Gasteiger partial charge in [0.2, 0.25) is 0 Å². The Hall–Kier alpha value is -1.33. The summed E-state index contributed by atoms with van der Waals surface area (Å²) in [6.45, 7) is 5.48. The zero-order valence-electron chi connectivity index (χ0n) is 10.3. The summed E-state index contributed by atoms with van der Waals surface area (Å²) in [6.07, 6.45) is 0.250. The normalized spacial score (nSPS) is 24.1. The summed E-state index contributed by atoms with van der Waals surface area (Å²) >= 11 is 6.12. The lowest BCUT2D eigenvalue weighted by Crippen LogP contribution is -2.45. The third-order valence-corrected chi connectivity index (χ3v) is 3.21. The van der Waals surface area contributed by atoms with E-state index in [1.807, 2.05) is 13.8 Å². The summed E-state index contributed by atoms with van der Waals surface area (Å²) in [6, 6.07) is 4.57. The average molecular weight is 271 g/mol. The first-order chi connectivity index (χ1) is 8.47. The lowest BCUT2D eigenvalue weighted by atomic mass is 10.2. The molecule has 1 aromatic carbocycles. The molecule has 0 amide bonds. The van der Waals surface area contributed by atoms with E-state index in [2.05, 4.69) is 4.90 Å². The molecule has 0 spiro atoms. The highest BCUT2D eigenvalue weighted by atomic mass is 35.5. The number of halogens is 1. The summed E-state index contributed by atoms with van der Waals surface area (Å²) in [5, 5.41) is 11.1. The Labute approximate surface area is 110 Å². The molecule has 0 saturated carbocycles. The monoisotopic (exact) mass is 270 g/mol. The Kier molecular flexibility index (Phi) is 3.73. The van der Waals surface area contributed by atoms with E-state index in [-0.39, 0.29) is 17.9 Å². The van der Waals surface area contributed by atoms with Gasteiger partial charge in [-0.1, -0.05) is 11.6 Å². The predicted octanol–water partition coefficient (Wildman–Crippen LogP) is 2.86. The lowest BCUT2D eigenvalue weighted by Gasteiger charge is -2.37. The second kappa shape index (κ2) is 5.12. The molecule has 98 valence electrons. The average Bonchev–Trinajstić information content (AvgIpc) is 2.27. The minimum atomic E-state index is -0.444. The fourth-order valence-corrected chi connectivity index (χ4v) is 2.53. The van der Waals surface area contributed by atoms with Gasteiger partial charge in [-0.15, -0.1) is 0 Å². The number of nitrogens with zero attached hydrogens (tertiary/aromatic N) is 2. The molecule has 1 fully saturated rings. The van der Waals surface area contributed by atoms with Crippen LogP contribution in [0.1, 0.15) is 13.8 Å².